The number of pyridine rings is 1. The number of nitrogens with one attached hydrogen (secondary N) is 1. The zero-order valence-corrected chi connectivity index (χ0v) is 13.6. The van der Waals surface area contributed by atoms with Crippen molar-refractivity contribution in [1.29, 1.82) is 0 Å². The molecule has 2 heterocycles. The standard InChI is InChI=1S/C18H17FN4O2/c1-23-17(13-6-8-20-9-7-13)10-15(22-23)11-21-18(24)12-25-16-4-2-14(19)3-5-16/h2-10H,11-12H2,1H3,(H,21,24). The number of benzene rings is 1. The zero-order valence-electron chi connectivity index (χ0n) is 13.6. The first kappa shape index (κ1) is 16.6. The van der Waals surface area contributed by atoms with Gasteiger partial charge in [-0.15, -0.1) is 0 Å². The fourth-order valence-electron chi connectivity index (χ4n) is 2.33. The first-order valence-corrected chi connectivity index (χ1v) is 7.70. The van der Waals surface area contributed by atoms with Gasteiger partial charge < -0.3 is 10.1 Å². The fraction of sp³-hybridized carbons (Fsp3) is 0.167. The Bertz CT molecular complexity index is 847. The summed E-state index contributed by atoms with van der Waals surface area (Å²) in [6.45, 7) is 0.153. The molecule has 1 aromatic carbocycles. The van der Waals surface area contributed by atoms with Gasteiger partial charge in [0.25, 0.3) is 5.91 Å². The van der Waals surface area contributed by atoms with Gasteiger partial charge in [-0.25, -0.2) is 4.39 Å². The van der Waals surface area contributed by atoms with Gasteiger partial charge in [0, 0.05) is 25.0 Å². The van der Waals surface area contributed by atoms with Crippen molar-refractivity contribution < 1.29 is 13.9 Å². The molecule has 0 aliphatic heterocycles. The summed E-state index contributed by atoms with van der Waals surface area (Å²) in [5.41, 5.74) is 2.68. The average molecular weight is 340 g/mol. The monoisotopic (exact) mass is 340 g/mol. The quantitative estimate of drug-likeness (QED) is 0.748. The van der Waals surface area contributed by atoms with Gasteiger partial charge in [0.15, 0.2) is 6.61 Å². The summed E-state index contributed by atoms with van der Waals surface area (Å²) in [6, 6.07) is 11.2. The Morgan fingerprint density at radius 3 is 2.64 bits per heavy atom. The first-order valence-electron chi connectivity index (χ1n) is 7.70. The minimum atomic E-state index is -0.350. The largest absolute Gasteiger partial charge is 0.484 e. The second-order valence-corrected chi connectivity index (χ2v) is 5.40. The lowest BCUT2D eigenvalue weighted by molar-refractivity contribution is -0.123. The van der Waals surface area contributed by atoms with Crippen LogP contribution in [-0.4, -0.2) is 27.3 Å². The van der Waals surface area contributed by atoms with E-state index in [0.29, 0.717) is 12.3 Å². The van der Waals surface area contributed by atoms with E-state index in [1.165, 1.54) is 24.3 Å². The number of aryl methyl sites for hydroxylation is 1. The number of carbonyl (C=O) groups is 1. The molecule has 3 rings (SSSR count). The number of rotatable bonds is 6. The van der Waals surface area contributed by atoms with Crippen molar-refractivity contribution in [3.8, 4) is 17.0 Å². The molecular weight excluding hydrogens is 323 g/mol. The maximum atomic E-state index is 12.8. The molecule has 128 valence electrons. The summed E-state index contributed by atoms with van der Waals surface area (Å²) >= 11 is 0. The van der Waals surface area contributed by atoms with Crippen LogP contribution in [0.15, 0.2) is 54.9 Å². The van der Waals surface area contributed by atoms with E-state index in [4.69, 9.17) is 4.74 Å². The van der Waals surface area contributed by atoms with Crippen molar-refractivity contribution in [1.82, 2.24) is 20.1 Å². The molecule has 1 N–H and O–H groups in total. The predicted molar refractivity (Wildman–Crippen MR) is 90.2 cm³/mol. The van der Waals surface area contributed by atoms with Crippen LogP contribution in [0.1, 0.15) is 5.69 Å². The normalized spacial score (nSPS) is 10.5. The van der Waals surface area contributed by atoms with Crippen LogP contribution in [-0.2, 0) is 18.4 Å². The maximum Gasteiger partial charge on any atom is 0.258 e. The summed E-state index contributed by atoms with van der Waals surface area (Å²) < 4.78 is 19.9. The van der Waals surface area contributed by atoms with Crippen LogP contribution in [0.25, 0.3) is 11.3 Å². The van der Waals surface area contributed by atoms with Gasteiger partial charge in [-0.2, -0.15) is 5.10 Å². The molecule has 0 bridgehead atoms. The second-order valence-electron chi connectivity index (χ2n) is 5.40. The third-order valence-electron chi connectivity index (χ3n) is 3.56. The Labute approximate surface area is 144 Å². The molecule has 2 aromatic heterocycles. The molecule has 0 aliphatic carbocycles. The van der Waals surface area contributed by atoms with Crippen LogP contribution in [0.2, 0.25) is 0 Å². The van der Waals surface area contributed by atoms with Gasteiger partial charge >= 0.3 is 0 Å². The molecule has 0 atom stereocenters. The number of hydrogen-bond acceptors (Lipinski definition) is 4. The Morgan fingerprint density at radius 2 is 1.92 bits per heavy atom. The summed E-state index contributed by atoms with van der Waals surface area (Å²) in [7, 11) is 1.85. The molecule has 0 fully saturated rings. The molecule has 25 heavy (non-hydrogen) atoms. The van der Waals surface area contributed by atoms with Gasteiger partial charge in [0.2, 0.25) is 0 Å². The number of aromatic nitrogens is 3. The molecule has 0 spiro atoms. The van der Waals surface area contributed by atoms with E-state index in [1.54, 1.807) is 17.1 Å². The minimum Gasteiger partial charge on any atom is -0.484 e. The maximum absolute atomic E-state index is 12.8. The van der Waals surface area contributed by atoms with E-state index in [1.807, 2.05) is 25.2 Å². The number of hydrogen-bond donors (Lipinski definition) is 1. The van der Waals surface area contributed by atoms with E-state index < -0.39 is 0 Å². The van der Waals surface area contributed by atoms with Crippen LogP contribution in [0, 0.1) is 5.82 Å². The van der Waals surface area contributed by atoms with E-state index >= 15 is 0 Å². The van der Waals surface area contributed by atoms with Crippen molar-refractivity contribution >= 4 is 5.91 Å². The van der Waals surface area contributed by atoms with Crippen LogP contribution in [0.3, 0.4) is 0 Å². The number of ether oxygens (including phenoxy) is 1. The Kier molecular flexibility index (Phi) is 5.03. The molecular formula is C18H17FN4O2. The molecule has 3 aromatic rings. The highest BCUT2D eigenvalue weighted by molar-refractivity contribution is 5.77. The van der Waals surface area contributed by atoms with E-state index in [0.717, 1.165) is 17.0 Å². The highest BCUT2D eigenvalue weighted by Crippen LogP contribution is 2.18. The van der Waals surface area contributed by atoms with Crippen molar-refractivity contribution in [3.05, 3.63) is 66.4 Å². The van der Waals surface area contributed by atoms with Crippen LogP contribution >= 0.6 is 0 Å². The first-order chi connectivity index (χ1) is 12.1. The van der Waals surface area contributed by atoms with E-state index in [9.17, 15) is 9.18 Å². The van der Waals surface area contributed by atoms with Crippen LogP contribution in [0.5, 0.6) is 5.75 Å². The predicted octanol–water partition coefficient (Wildman–Crippen LogP) is 2.32. The van der Waals surface area contributed by atoms with E-state index in [2.05, 4.69) is 15.4 Å². The summed E-state index contributed by atoms with van der Waals surface area (Å²) in [4.78, 5) is 15.9. The van der Waals surface area contributed by atoms with Crippen molar-refractivity contribution in [3.63, 3.8) is 0 Å². The van der Waals surface area contributed by atoms with Gasteiger partial charge in [-0.1, -0.05) is 0 Å². The highest BCUT2D eigenvalue weighted by Gasteiger charge is 2.09. The molecule has 1 amide bonds. The van der Waals surface area contributed by atoms with Gasteiger partial charge in [0.1, 0.15) is 11.6 Å². The summed E-state index contributed by atoms with van der Waals surface area (Å²) in [5, 5.41) is 7.13. The zero-order chi connectivity index (χ0) is 17.6. The Morgan fingerprint density at radius 1 is 1.20 bits per heavy atom. The number of nitrogens with zero attached hydrogens (tertiary/aromatic N) is 3. The van der Waals surface area contributed by atoms with E-state index in [-0.39, 0.29) is 18.3 Å². The van der Waals surface area contributed by atoms with Gasteiger partial charge in [0.05, 0.1) is 17.9 Å². The third-order valence-corrected chi connectivity index (χ3v) is 3.56. The molecule has 7 heteroatoms. The Balaban J connectivity index is 1.53. The number of carbonyl (C=O) groups excluding carboxylic acids is 1. The van der Waals surface area contributed by atoms with Gasteiger partial charge in [-0.3, -0.25) is 14.5 Å². The van der Waals surface area contributed by atoms with Crippen molar-refractivity contribution in [2.45, 2.75) is 6.54 Å². The minimum absolute atomic E-state index is 0.143. The molecule has 0 unspecified atom stereocenters. The van der Waals surface area contributed by atoms with Crippen LogP contribution in [0.4, 0.5) is 4.39 Å². The van der Waals surface area contributed by atoms with Crippen LogP contribution < -0.4 is 10.1 Å². The fourth-order valence-corrected chi connectivity index (χ4v) is 2.33. The highest BCUT2D eigenvalue weighted by atomic mass is 19.1. The number of halogens is 1. The Hall–Kier alpha value is -3.22. The SMILES string of the molecule is Cn1nc(CNC(=O)COc2ccc(F)cc2)cc1-c1ccncc1. The molecule has 0 saturated carbocycles. The van der Waals surface area contributed by atoms with Gasteiger partial charge in [-0.05, 0) is 42.5 Å². The lowest BCUT2D eigenvalue weighted by Crippen LogP contribution is -2.28. The smallest absolute Gasteiger partial charge is 0.258 e. The lowest BCUT2D eigenvalue weighted by atomic mass is 10.2. The lowest BCUT2D eigenvalue weighted by Gasteiger charge is -2.06. The summed E-state index contributed by atoms with van der Waals surface area (Å²) in [6.07, 6.45) is 3.44. The van der Waals surface area contributed by atoms with Crippen molar-refractivity contribution in [2.75, 3.05) is 6.61 Å². The topological polar surface area (TPSA) is 69.0 Å². The molecule has 0 saturated heterocycles. The summed E-state index contributed by atoms with van der Waals surface area (Å²) in [5.74, 6) is -0.188. The number of amides is 1. The third kappa shape index (κ3) is 4.41. The van der Waals surface area contributed by atoms with Crippen molar-refractivity contribution in [2.24, 2.45) is 7.05 Å². The molecule has 6 nitrogen and oxygen atoms in total. The average Bonchev–Trinajstić information content (AvgIpc) is 3.01. The molecule has 0 radical (unpaired) electrons. The molecule has 0 aliphatic rings. The second kappa shape index (κ2) is 7.57.